The minimum atomic E-state index is -0.237. The fourth-order valence-corrected chi connectivity index (χ4v) is 4.49. The van der Waals surface area contributed by atoms with Crippen LogP contribution in [-0.4, -0.2) is 5.11 Å². The van der Waals surface area contributed by atoms with Crippen LogP contribution in [0.15, 0.2) is 29.6 Å². The van der Waals surface area contributed by atoms with Crippen LogP contribution in [0.1, 0.15) is 30.9 Å². The molecule has 0 amide bonds. The lowest BCUT2D eigenvalue weighted by atomic mass is 9.91. The van der Waals surface area contributed by atoms with Crippen molar-refractivity contribution in [3.63, 3.8) is 0 Å². The molecule has 2 aromatic rings. The molecule has 3 unspecified atom stereocenters. The summed E-state index contributed by atoms with van der Waals surface area (Å²) in [6.45, 7) is 0. The van der Waals surface area contributed by atoms with Gasteiger partial charge in [0.1, 0.15) is 0 Å². The second-order valence-electron chi connectivity index (χ2n) is 5.62. The van der Waals surface area contributed by atoms with Crippen molar-refractivity contribution in [3.05, 3.63) is 35.2 Å². The molecule has 0 aliphatic heterocycles. The minimum Gasteiger partial charge on any atom is -0.388 e. The Balaban J connectivity index is 1.68. The van der Waals surface area contributed by atoms with Crippen LogP contribution in [0.25, 0.3) is 10.1 Å². The molecule has 0 saturated heterocycles. The van der Waals surface area contributed by atoms with Crippen LogP contribution in [0.2, 0.25) is 0 Å². The smallest absolute Gasteiger partial charge is 0.0832 e. The van der Waals surface area contributed by atoms with E-state index in [1.807, 2.05) is 0 Å². The van der Waals surface area contributed by atoms with Crippen LogP contribution in [0.5, 0.6) is 0 Å². The Hall–Kier alpha value is -0.860. The number of hydrogen-bond acceptors (Lipinski definition) is 2. The van der Waals surface area contributed by atoms with Crippen LogP contribution in [0.3, 0.4) is 0 Å². The van der Waals surface area contributed by atoms with Crippen molar-refractivity contribution in [2.24, 2.45) is 17.8 Å². The van der Waals surface area contributed by atoms with E-state index in [0.29, 0.717) is 5.92 Å². The number of thiophene rings is 1. The standard InChI is InChI=1S/C15H16OS/c16-15(11-6-9-5-10(9)7-11)13-8-17-14-4-2-1-3-12(13)14/h1-4,8-11,15-16H,5-7H2. The van der Waals surface area contributed by atoms with E-state index in [2.05, 4.69) is 29.6 Å². The molecule has 0 bridgehead atoms. The molecule has 4 rings (SSSR count). The lowest BCUT2D eigenvalue weighted by Crippen LogP contribution is -2.10. The molecular weight excluding hydrogens is 228 g/mol. The Labute approximate surface area is 105 Å². The largest absolute Gasteiger partial charge is 0.388 e. The molecular formula is C15H16OS. The summed E-state index contributed by atoms with van der Waals surface area (Å²) in [5.41, 5.74) is 1.16. The van der Waals surface area contributed by atoms with E-state index in [0.717, 1.165) is 17.4 Å². The van der Waals surface area contributed by atoms with Gasteiger partial charge >= 0.3 is 0 Å². The van der Waals surface area contributed by atoms with Crippen molar-refractivity contribution < 1.29 is 5.11 Å². The predicted octanol–water partition coefficient (Wildman–Crippen LogP) is 3.98. The topological polar surface area (TPSA) is 20.2 Å². The average Bonchev–Trinajstić information content (AvgIpc) is 2.80. The van der Waals surface area contributed by atoms with Crippen molar-refractivity contribution in [2.75, 3.05) is 0 Å². The molecule has 1 aromatic carbocycles. The summed E-state index contributed by atoms with van der Waals surface area (Å²) in [4.78, 5) is 0. The normalized spacial score (nSPS) is 32.6. The van der Waals surface area contributed by atoms with Gasteiger partial charge in [0.25, 0.3) is 0 Å². The first kappa shape index (κ1) is 10.1. The molecule has 2 aliphatic rings. The maximum Gasteiger partial charge on any atom is 0.0832 e. The third-order valence-corrected chi connectivity index (χ3v) is 5.54. The molecule has 0 radical (unpaired) electrons. The SMILES string of the molecule is OC(c1csc2ccccc12)C1CC2CC2C1. The number of aliphatic hydroxyl groups excluding tert-OH is 1. The highest BCUT2D eigenvalue weighted by atomic mass is 32.1. The highest BCUT2D eigenvalue weighted by Crippen LogP contribution is 2.57. The predicted molar refractivity (Wildman–Crippen MR) is 71.1 cm³/mol. The second-order valence-corrected chi connectivity index (χ2v) is 6.53. The summed E-state index contributed by atoms with van der Waals surface area (Å²) in [7, 11) is 0. The summed E-state index contributed by atoms with van der Waals surface area (Å²) in [6, 6.07) is 8.42. The van der Waals surface area contributed by atoms with Gasteiger partial charge < -0.3 is 5.11 Å². The van der Waals surface area contributed by atoms with Gasteiger partial charge in [-0.15, -0.1) is 11.3 Å². The van der Waals surface area contributed by atoms with Gasteiger partial charge in [-0.25, -0.2) is 0 Å². The number of hydrogen-bond donors (Lipinski definition) is 1. The van der Waals surface area contributed by atoms with E-state index >= 15 is 0 Å². The lowest BCUT2D eigenvalue weighted by Gasteiger charge is -2.19. The highest BCUT2D eigenvalue weighted by molar-refractivity contribution is 7.17. The number of fused-ring (bicyclic) bond motifs is 2. The first-order chi connectivity index (χ1) is 8.33. The van der Waals surface area contributed by atoms with Gasteiger partial charge in [-0.2, -0.15) is 0 Å². The molecule has 1 nitrogen and oxygen atoms in total. The monoisotopic (exact) mass is 244 g/mol. The Morgan fingerprint density at radius 1 is 1.12 bits per heavy atom. The van der Waals surface area contributed by atoms with Gasteiger partial charge in [0, 0.05) is 4.70 Å². The van der Waals surface area contributed by atoms with Crippen molar-refractivity contribution in [1.29, 1.82) is 0 Å². The summed E-state index contributed by atoms with van der Waals surface area (Å²) in [5.74, 6) is 2.40. The van der Waals surface area contributed by atoms with E-state index in [1.54, 1.807) is 11.3 Å². The molecule has 1 heterocycles. The minimum absolute atomic E-state index is 0.237. The van der Waals surface area contributed by atoms with E-state index in [-0.39, 0.29) is 6.10 Å². The summed E-state index contributed by atoms with van der Waals surface area (Å²) >= 11 is 1.75. The van der Waals surface area contributed by atoms with Crippen molar-refractivity contribution in [1.82, 2.24) is 0 Å². The molecule has 17 heavy (non-hydrogen) atoms. The molecule has 2 saturated carbocycles. The summed E-state index contributed by atoms with van der Waals surface area (Å²) in [5, 5.41) is 14.0. The summed E-state index contributed by atoms with van der Waals surface area (Å²) < 4.78 is 1.30. The van der Waals surface area contributed by atoms with Gasteiger partial charge in [-0.1, -0.05) is 18.2 Å². The van der Waals surface area contributed by atoms with E-state index in [9.17, 15) is 5.11 Å². The van der Waals surface area contributed by atoms with Crippen LogP contribution in [-0.2, 0) is 0 Å². The zero-order valence-electron chi connectivity index (χ0n) is 9.67. The molecule has 1 aromatic heterocycles. The van der Waals surface area contributed by atoms with E-state index in [4.69, 9.17) is 0 Å². The fourth-order valence-electron chi connectivity index (χ4n) is 3.50. The van der Waals surface area contributed by atoms with E-state index in [1.165, 1.54) is 29.3 Å². The van der Waals surface area contributed by atoms with Crippen LogP contribution in [0, 0.1) is 17.8 Å². The van der Waals surface area contributed by atoms with Crippen molar-refractivity contribution in [3.8, 4) is 0 Å². The zero-order chi connectivity index (χ0) is 11.4. The number of aliphatic hydroxyl groups is 1. The second kappa shape index (κ2) is 3.56. The van der Waals surface area contributed by atoms with Crippen LogP contribution < -0.4 is 0 Å². The third kappa shape index (κ3) is 1.54. The molecule has 2 fully saturated rings. The zero-order valence-corrected chi connectivity index (χ0v) is 10.5. The Kier molecular flexibility index (Phi) is 2.12. The first-order valence-electron chi connectivity index (χ1n) is 6.47. The highest BCUT2D eigenvalue weighted by Gasteiger charge is 2.48. The van der Waals surface area contributed by atoms with Gasteiger partial charge in [-0.05, 0) is 59.4 Å². The number of rotatable bonds is 2. The van der Waals surface area contributed by atoms with Crippen molar-refractivity contribution in [2.45, 2.75) is 25.4 Å². The third-order valence-electron chi connectivity index (χ3n) is 4.56. The summed E-state index contributed by atoms with van der Waals surface area (Å²) in [6.07, 6.45) is 3.68. The maximum atomic E-state index is 10.6. The van der Waals surface area contributed by atoms with Crippen molar-refractivity contribution >= 4 is 21.4 Å². The lowest BCUT2D eigenvalue weighted by molar-refractivity contribution is 0.106. The Morgan fingerprint density at radius 2 is 1.88 bits per heavy atom. The number of benzene rings is 1. The molecule has 0 spiro atoms. The quantitative estimate of drug-likeness (QED) is 0.847. The fraction of sp³-hybridized carbons (Fsp3) is 0.467. The average molecular weight is 244 g/mol. The molecule has 88 valence electrons. The first-order valence-corrected chi connectivity index (χ1v) is 7.35. The van der Waals surface area contributed by atoms with Gasteiger partial charge in [-0.3, -0.25) is 0 Å². The van der Waals surface area contributed by atoms with Crippen LogP contribution in [0.4, 0.5) is 0 Å². The molecule has 2 heteroatoms. The van der Waals surface area contributed by atoms with E-state index < -0.39 is 0 Å². The Bertz CT molecular complexity index is 549. The van der Waals surface area contributed by atoms with Gasteiger partial charge in [0.2, 0.25) is 0 Å². The van der Waals surface area contributed by atoms with Crippen LogP contribution >= 0.6 is 11.3 Å². The van der Waals surface area contributed by atoms with Gasteiger partial charge in [0.15, 0.2) is 0 Å². The molecule has 3 atom stereocenters. The van der Waals surface area contributed by atoms with Gasteiger partial charge in [0.05, 0.1) is 6.10 Å². The maximum absolute atomic E-state index is 10.6. The Morgan fingerprint density at radius 3 is 2.71 bits per heavy atom. The molecule has 2 aliphatic carbocycles. The molecule has 1 N–H and O–H groups in total.